The minimum atomic E-state index is -0.208. The zero-order valence-corrected chi connectivity index (χ0v) is 14.3. The quantitative estimate of drug-likeness (QED) is 0.609. The van der Waals surface area contributed by atoms with Crippen LogP contribution in [-0.4, -0.2) is 35.3 Å². The Morgan fingerprint density at radius 3 is 2.56 bits per heavy atom. The molecular weight excluding hydrogens is 338 g/mol. The maximum absolute atomic E-state index is 12.2. The van der Waals surface area contributed by atoms with Crippen molar-refractivity contribution < 1.29 is 4.79 Å². The van der Waals surface area contributed by atoms with Crippen LogP contribution in [0.2, 0.25) is 0 Å². The topological polar surface area (TPSA) is 98.0 Å². The van der Waals surface area contributed by atoms with E-state index in [0.717, 1.165) is 28.6 Å². The van der Waals surface area contributed by atoms with Gasteiger partial charge in [-0.15, -0.1) is 15.3 Å². The number of hydrogen-bond donors (Lipinski definition) is 1. The van der Waals surface area contributed by atoms with Crippen molar-refractivity contribution in [3.63, 3.8) is 0 Å². The Balaban J connectivity index is 1.57. The number of hydrogen-bond acceptors (Lipinski definition) is 7. The van der Waals surface area contributed by atoms with Gasteiger partial charge in [-0.05, 0) is 49.6 Å². The van der Waals surface area contributed by atoms with Crippen molar-refractivity contribution in [3.8, 4) is 11.3 Å². The summed E-state index contributed by atoms with van der Waals surface area (Å²) in [6.45, 7) is 3.61. The van der Waals surface area contributed by atoms with Gasteiger partial charge in [0.15, 0.2) is 11.5 Å². The molecule has 3 heterocycles. The van der Waals surface area contributed by atoms with Crippen LogP contribution < -0.4 is 5.32 Å². The van der Waals surface area contributed by atoms with Crippen molar-refractivity contribution in [1.29, 1.82) is 0 Å². The van der Waals surface area contributed by atoms with Gasteiger partial charge in [0.25, 0.3) is 5.91 Å². The number of amides is 1. The van der Waals surface area contributed by atoms with Gasteiger partial charge in [0.1, 0.15) is 4.88 Å². The fourth-order valence-corrected chi connectivity index (χ4v) is 2.95. The minimum Gasteiger partial charge on any atom is -0.321 e. The lowest BCUT2D eigenvalue weighted by molar-refractivity contribution is 0.103. The Morgan fingerprint density at radius 2 is 1.84 bits per heavy atom. The van der Waals surface area contributed by atoms with Crippen molar-refractivity contribution in [2.75, 3.05) is 5.32 Å². The number of anilines is 1. The first-order valence-electron chi connectivity index (χ1n) is 7.51. The number of rotatable bonds is 3. The molecule has 0 spiro atoms. The third kappa shape index (κ3) is 2.85. The highest BCUT2D eigenvalue weighted by Crippen LogP contribution is 2.21. The third-order valence-corrected chi connectivity index (χ3v) is 4.54. The second kappa shape index (κ2) is 6.02. The summed E-state index contributed by atoms with van der Waals surface area (Å²) in [6.07, 6.45) is 0. The van der Waals surface area contributed by atoms with Crippen molar-refractivity contribution in [3.05, 3.63) is 52.8 Å². The molecule has 8 nitrogen and oxygen atoms in total. The van der Waals surface area contributed by atoms with Crippen LogP contribution >= 0.6 is 11.5 Å². The summed E-state index contributed by atoms with van der Waals surface area (Å²) < 4.78 is 5.47. The van der Waals surface area contributed by atoms with E-state index in [1.165, 1.54) is 0 Å². The van der Waals surface area contributed by atoms with Gasteiger partial charge in [0.2, 0.25) is 0 Å². The number of fused-ring (bicyclic) bond motifs is 1. The second-order valence-corrected chi connectivity index (χ2v) is 6.21. The molecule has 124 valence electrons. The standard InChI is InChI=1S/C16H13N7OS/c1-9-15(25-22-18-9)16(24)17-12-5-3-11(4-6-12)13-7-8-14-20-19-10(2)23(14)21-13/h3-8H,1-2H3,(H,17,24). The molecule has 1 aromatic carbocycles. The fourth-order valence-electron chi connectivity index (χ4n) is 2.40. The number of benzene rings is 1. The van der Waals surface area contributed by atoms with Crippen LogP contribution in [0.1, 0.15) is 21.2 Å². The van der Waals surface area contributed by atoms with E-state index >= 15 is 0 Å². The summed E-state index contributed by atoms with van der Waals surface area (Å²) in [5.41, 5.74) is 3.77. The van der Waals surface area contributed by atoms with Gasteiger partial charge in [-0.3, -0.25) is 4.79 Å². The van der Waals surface area contributed by atoms with Gasteiger partial charge in [-0.1, -0.05) is 16.6 Å². The Hall–Kier alpha value is -3.20. The summed E-state index contributed by atoms with van der Waals surface area (Å²) in [6, 6.07) is 11.2. The van der Waals surface area contributed by atoms with Gasteiger partial charge in [0, 0.05) is 11.3 Å². The van der Waals surface area contributed by atoms with Gasteiger partial charge >= 0.3 is 0 Å². The molecule has 0 aliphatic rings. The monoisotopic (exact) mass is 351 g/mol. The Morgan fingerprint density at radius 1 is 1.04 bits per heavy atom. The molecule has 3 aromatic heterocycles. The van der Waals surface area contributed by atoms with Crippen LogP contribution in [0.3, 0.4) is 0 Å². The second-order valence-electron chi connectivity index (χ2n) is 5.45. The molecule has 4 aromatic rings. The first-order valence-corrected chi connectivity index (χ1v) is 8.29. The van der Waals surface area contributed by atoms with Crippen LogP contribution in [0.5, 0.6) is 0 Å². The molecule has 0 unspecified atom stereocenters. The minimum absolute atomic E-state index is 0.208. The fraction of sp³-hybridized carbons (Fsp3) is 0.125. The molecule has 9 heteroatoms. The van der Waals surface area contributed by atoms with Gasteiger partial charge in [-0.25, -0.2) is 0 Å². The molecule has 0 saturated heterocycles. The van der Waals surface area contributed by atoms with Crippen LogP contribution in [0.4, 0.5) is 5.69 Å². The molecule has 0 aliphatic heterocycles. The average molecular weight is 351 g/mol. The molecule has 0 aliphatic carbocycles. The lowest BCUT2D eigenvalue weighted by Gasteiger charge is -2.06. The Kier molecular flexibility index (Phi) is 3.69. The first kappa shape index (κ1) is 15.3. The summed E-state index contributed by atoms with van der Waals surface area (Å²) in [5, 5.41) is 19.3. The Bertz CT molecular complexity index is 1070. The summed E-state index contributed by atoms with van der Waals surface area (Å²) in [5.74, 6) is 0.522. The van der Waals surface area contributed by atoms with E-state index in [1.807, 2.05) is 43.3 Å². The first-order chi connectivity index (χ1) is 12.1. The number of nitrogens with zero attached hydrogens (tertiary/aromatic N) is 6. The number of carbonyl (C=O) groups excluding carboxylic acids is 1. The lowest BCUT2D eigenvalue weighted by Crippen LogP contribution is -2.11. The van der Waals surface area contributed by atoms with Crippen molar-refractivity contribution in [2.45, 2.75) is 13.8 Å². The highest BCUT2D eigenvalue weighted by atomic mass is 32.1. The molecule has 25 heavy (non-hydrogen) atoms. The van der Waals surface area contributed by atoms with Gasteiger partial charge in [-0.2, -0.15) is 9.61 Å². The summed E-state index contributed by atoms with van der Waals surface area (Å²) >= 11 is 1.08. The number of aromatic nitrogens is 6. The predicted molar refractivity (Wildman–Crippen MR) is 93.6 cm³/mol. The van der Waals surface area contributed by atoms with Crippen LogP contribution in [0.25, 0.3) is 16.9 Å². The summed E-state index contributed by atoms with van der Waals surface area (Å²) in [7, 11) is 0. The zero-order valence-electron chi connectivity index (χ0n) is 13.5. The summed E-state index contributed by atoms with van der Waals surface area (Å²) in [4.78, 5) is 12.7. The number of aryl methyl sites for hydroxylation is 2. The highest BCUT2D eigenvalue weighted by Gasteiger charge is 2.13. The zero-order chi connectivity index (χ0) is 17.4. The van der Waals surface area contributed by atoms with Crippen LogP contribution in [0.15, 0.2) is 36.4 Å². The number of nitrogens with one attached hydrogen (secondary N) is 1. The van der Waals surface area contributed by atoms with Gasteiger partial charge < -0.3 is 5.32 Å². The van der Waals surface area contributed by atoms with E-state index in [9.17, 15) is 4.79 Å². The molecule has 0 radical (unpaired) electrons. The molecule has 1 N–H and O–H groups in total. The molecule has 1 amide bonds. The lowest BCUT2D eigenvalue weighted by atomic mass is 10.1. The average Bonchev–Trinajstić information content (AvgIpc) is 3.21. The van der Waals surface area contributed by atoms with E-state index < -0.39 is 0 Å². The van der Waals surface area contributed by atoms with E-state index in [2.05, 4.69) is 30.2 Å². The largest absolute Gasteiger partial charge is 0.321 e. The normalized spacial score (nSPS) is 11.0. The van der Waals surface area contributed by atoms with Crippen molar-refractivity contribution in [2.24, 2.45) is 0 Å². The van der Waals surface area contributed by atoms with E-state index in [0.29, 0.717) is 21.9 Å². The third-order valence-electron chi connectivity index (χ3n) is 3.72. The van der Waals surface area contributed by atoms with Crippen LogP contribution in [-0.2, 0) is 0 Å². The van der Waals surface area contributed by atoms with E-state index in [1.54, 1.807) is 11.4 Å². The Labute approximate surface area is 146 Å². The van der Waals surface area contributed by atoms with E-state index in [4.69, 9.17) is 0 Å². The SMILES string of the molecule is Cc1nnsc1C(=O)Nc1ccc(-c2ccc3nnc(C)n3n2)cc1. The molecular formula is C16H13N7OS. The maximum Gasteiger partial charge on any atom is 0.269 e. The molecule has 0 atom stereocenters. The number of carbonyl (C=O) groups is 1. The molecule has 0 bridgehead atoms. The van der Waals surface area contributed by atoms with E-state index in [-0.39, 0.29) is 5.91 Å². The van der Waals surface area contributed by atoms with Gasteiger partial charge in [0.05, 0.1) is 11.4 Å². The van der Waals surface area contributed by atoms with Crippen molar-refractivity contribution in [1.82, 2.24) is 29.4 Å². The molecule has 4 rings (SSSR count). The predicted octanol–water partition coefficient (Wildman–Crippen LogP) is 2.51. The van der Waals surface area contributed by atoms with Crippen LogP contribution in [0, 0.1) is 13.8 Å². The maximum atomic E-state index is 12.2. The molecule has 0 fully saturated rings. The molecule has 0 saturated carbocycles. The van der Waals surface area contributed by atoms with Crippen molar-refractivity contribution >= 4 is 28.8 Å². The smallest absolute Gasteiger partial charge is 0.269 e. The highest BCUT2D eigenvalue weighted by molar-refractivity contribution is 7.08.